The number of allylic oxidation sites excluding steroid dienone is 4. The molecule has 2 rings (SSSR count). The van der Waals surface area contributed by atoms with Crippen LogP contribution in [0.3, 0.4) is 0 Å². The molecule has 0 heterocycles. The van der Waals surface area contributed by atoms with E-state index < -0.39 is 0 Å². The Morgan fingerprint density at radius 3 is 1.57 bits per heavy atom. The number of benzene rings is 2. The maximum atomic E-state index is 3.63. The quantitative estimate of drug-likeness (QED) is 0.540. The molecular weight excluding hydrogens is 263 g/mol. The Labute approximate surface area is 150 Å². The van der Waals surface area contributed by atoms with Crippen molar-refractivity contribution in [3.8, 4) is 0 Å². The molecule has 0 bridgehead atoms. The molecule has 2 aromatic rings. The van der Waals surface area contributed by atoms with E-state index in [-0.39, 0.29) is 29.6 Å². The molecule has 0 atom stereocenters. The fourth-order valence-electron chi connectivity index (χ4n) is 1.46. The van der Waals surface area contributed by atoms with Gasteiger partial charge in [0, 0.05) is 0 Å². The van der Waals surface area contributed by atoms with E-state index in [1.807, 2.05) is 72.8 Å². The van der Waals surface area contributed by atoms with E-state index in [0.717, 1.165) is 0 Å². The van der Waals surface area contributed by atoms with Crippen LogP contribution in [0.2, 0.25) is 0 Å². The predicted octanol–water partition coefficient (Wildman–Crippen LogP) is 5.12. The van der Waals surface area contributed by atoms with Gasteiger partial charge < -0.3 is 0 Å². The minimum atomic E-state index is 0. The molecule has 0 aliphatic heterocycles. The van der Waals surface area contributed by atoms with E-state index in [0.29, 0.717) is 0 Å². The van der Waals surface area contributed by atoms with Gasteiger partial charge in [-0.15, -0.1) is 0 Å². The van der Waals surface area contributed by atoms with Crippen molar-refractivity contribution in [3.05, 3.63) is 109 Å². The first-order valence-electron chi connectivity index (χ1n) is 6.55. The van der Waals surface area contributed by atoms with E-state index in [2.05, 4.69) is 31.4 Å². The summed E-state index contributed by atoms with van der Waals surface area (Å²) < 4.78 is 0. The van der Waals surface area contributed by atoms with Crippen LogP contribution in [0.4, 0.5) is 0 Å². The SMILES string of the molecule is C=CC=CC=Cc1ccccc1.C=Cc1ccccc1.[NaH]. The number of hydrogen-bond donors (Lipinski definition) is 0. The second kappa shape index (κ2) is 13.4. The molecule has 0 amide bonds. The fraction of sp³-hybridized carbons (Fsp3) is 0. The van der Waals surface area contributed by atoms with Gasteiger partial charge in [0.1, 0.15) is 0 Å². The summed E-state index contributed by atoms with van der Waals surface area (Å²) in [6.07, 6.45) is 11.5. The van der Waals surface area contributed by atoms with Gasteiger partial charge in [0.05, 0.1) is 0 Å². The van der Waals surface area contributed by atoms with Crippen molar-refractivity contribution in [1.82, 2.24) is 0 Å². The Bertz CT molecular complexity index is 551. The summed E-state index contributed by atoms with van der Waals surface area (Å²) >= 11 is 0. The van der Waals surface area contributed by atoms with Gasteiger partial charge in [-0.3, -0.25) is 0 Å². The maximum absolute atomic E-state index is 3.63. The zero-order valence-electron chi connectivity index (χ0n) is 11.7. The van der Waals surface area contributed by atoms with Crippen LogP contribution >= 0.6 is 0 Å². The molecule has 2 aromatic carbocycles. The molecule has 0 radical (unpaired) electrons. The van der Waals surface area contributed by atoms with Crippen LogP contribution in [0.5, 0.6) is 0 Å². The summed E-state index contributed by atoms with van der Waals surface area (Å²) in [5.74, 6) is 0. The van der Waals surface area contributed by atoms with E-state index in [1.165, 1.54) is 11.1 Å². The first-order chi connectivity index (χ1) is 9.86. The summed E-state index contributed by atoms with van der Waals surface area (Å²) in [6.45, 7) is 7.22. The topological polar surface area (TPSA) is 0 Å². The summed E-state index contributed by atoms with van der Waals surface area (Å²) in [7, 11) is 0. The summed E-state index contributed by atoms with van der Waals surface area (Å²) in [5, 5.41) is 0. The van der Waals surface area contributed by atoms with Crippen molar-refractivity contribution in [2.75, 3.05) is 0 Å². The van der Waals surface area contributed by atoms with Gasteiger partial charge in [0.2, 0.25) is 0 Å². The third-order valence-electron chi connectivity index (χ3n) is 2.48. The van der Waals surface area contributed by atoms with Gasteiger partial charge >= 0.3 is 29.6 Å². The molecule has 0 aliphatic rings. The van der Waals surface area contributed by atoms with Gasteiger partial charge in [-0.2, -0.15) is 0 Å². The van der Waals surface area contributed by atoms with E-state index in [1.54, 1.807) is 6.08 Å². The second-order valence-electron chi connectivity index (χ2n) is 4.01. The van der Waals surface area contributed by atoms with Crippen molar-refractivity contribution in [3.63, 3.8) is 0 Å². The Balaban J connectivity index is 0.000000390. The molecule has 0 spiro atoms. The fourth-order valence-corrected chi connectivity index (χ4v) is 1.46. The summed E-state index contributed by atoms with van der Waals surface area (Å²) in [5.41, 5.74) is 2.39. The van der Waals surface area contributed by atoms with Gasteiger partial charge in [-0.1, -0.05) is 110 Å². The number of rotatable bonds is 4. The molecule has 102 valence electrons. The third kappa shape index (κ3) is 9.86. The predicted molar refractivity (Wildman–Crippen MR) is 98.5 cm³/mol. The summed E-state index contributed by atoms with van der Waals surface area (Å²) in [6, 6.07) is 20.2. The Morgan fingerprint density at radius 2 is 1.14 bits per heavy atom. The van der Waals surface area contributed by atoms with E-state index in [9.17, 15) is 0 Å². The van der Waals surface area contributed by atoms with Crippen LogP contribution in [0, 0.1) is 0 Å². The Hall–Kier alpha value is -1.60. The van der Waals surface area contributed by atoms with Crippen molar-refractivity contribution in [2.45, 2.75) is 0 Å². The molecule has 0 nitrogen and oxygen atoms in total. The molecule has 0 aliphatic carbocycles. The molecule has 0 saturated heterocycles. The van der Waals surface area contributed by atoms with Crippen LogP contribution in [-0.2, 0) is 0 Å². The molecular formula is C20H21Na. The van der Waals surface area contributed by atoms with Gasteiger partial charge in [-0.05, 0) is 11.1 Å². The standard InChI is InChI=1S/C12H12.C8H8.Na.H/c1-2-3-4-6-9-12-10-7-5-8-11-12;1-2-8-6-4-3-5-7-8;;/h2-11H,1H2;2-7H,1H2;;. The first kappa shape index (κ1) is 19.4. The van der Waals surface area contributed by atoms with Crippen molar-refractivity contribution in [2.24, 2.45) is 0 Å². The zero-order chi connectivity index (χ0) is 14.5. The number of hydrogen-bond acceptors (Lipinski definition) is 0. The molecule has 0 N–H and O–H groups in total. The summed E-state index contributed by atoms with van der Waals surface area (Å²) in [4.78, 5) is 0. The van der Waals surface area contributed by atoms with Crippen LogP contribution in [0.1, 0.15) is 11.1 Å². The Morgan fingerprint density at radius 1 is 0.619 bits per heavy atom. The zero-order valence-corrected chi connectivity index (χ0v) is 11.7. The minimum absolute atomic E-state index is 0. The van der Waals surface area contributed by atoms with Crippen molar-refractivity contribution in [1.29, 1.82) is 0 Å². The second-order valence-corrected chi connectivity index (χ2v) is 4.01. The van der Waals surface area contributed by atoms with Crippen LogP contribution in [0.15, 0.2) is 98.1 Å². The van der Waals surface area contributed by atoms with Crippen LogP contribution in [-0.4, -0.2) is 29.6 Å². The average Bonchev–Trinajstić information content (AvgIpc) is 2.54. The molecule has 1 heteroatoms. The molecule has 0 aromatic heterocycles. The van der Waals surface area contributed by atoms with Crippen molar-refractivity contribution >= 4 is 41.7 Å². The van der Waals surface area contributed by atoms with Crippen LogP contribution in [0.25, 0.3) is 12.2 Å². The van der Waals surface area contributed by atoms with E-state index >= 15 is 0 Å². The monoisotopic (exact) mass is 284 g/mol. The Kier molecular flexibility index (Phi) is 12.4. The molecule has 0 fully saturated rings. The van der Waals surface area contributed by atoms with Gasteiger partial charge in [0.25, 0.3) is 0 Å². The molecule has 0 saturated carbocycles. The molecule has 21 heavy (non-hydrogen) atoms. The van der Waals surface area contributed by atoms with Crippen LogP contribution < -0.4 is 0 Å². The molecule has 0 unspecified atom stereocenters. The normalized spacial score (nSPS) is 9.52. The van der Waals surface area contributed by atoms with Crippen molar-refractivity contribution < 1.29 is 0 Å². The first-order valence-corrected chi connectivity index (χ1v) is 6.55. The van der Waals surface area contributed by atoms with Gasteiger partial charge in [0.15, 0.2) is 0 Å². The average molecular weight is 284 g/mol. The van der Waals surface area contributed by atoms with Gasteiger partial charge in [-0.25, -0.2) is 0 Å². The van der Waals surface area contributed by atoms with E-state index in [4.69, 9.17) is 0 Å². The third-order valence-corrected chi connectivity index (χ3v) is 2.48.